The normalized spacial score (nSPS) is 26.5. The highest BCUT2D eigenvalue weighted by atomic mass is 32.1. The number of thiazole rings is 1. The van der Waals surface area contributed by atoms with E-state index in [4.69, 9.17) is 9.26 Å². The first-order valence-corrected chi connectivity index (χ1v) is 14.7. The van der Waals surface area contributed by atoms with E-state index >= 15 is 0 Å². The molecule has 1 aromatic heterocycles. The molecule has 1 aromatic carbocycles. The molecule has 0 saturated carbocycles. The van der Waals surface area contributed by atoms with Gasteiger partial charge >= 0.3 is 0 Å². The highest BCUT2D eigenvalue weighted by Crippen LogP contribution is 2.38. The minimum Gasteiger partial charge on any atom is -0.413 e. The maximum absolute atomic E-state index is 6.60. The van der Waals surface area contributed by atoms with Crippen LogP contribution >= 0.6 is 11.3 Å². The first-order valence-electron chi connectivity index (χ1n) is 10.9. The zero-order valence-electron chi connectivity index (χ0n) is 19.6. The summed E-state index contributed by atoms with van der Waals surface area (Å²) in [4.78, 5) is 11.4. The number of nitrogens with zero attached hydrogens (tertiary/aromatic N) is 2. The summed E-state index contributed by atoms with van der Waals surface area (Å²) in [7, 11) is -1.79. The SMILES string of the molecule is Cc1ncsc1-c1ccc(C2(C)NC([C@@H]3CC(O[Si](C)(C)C(C)(C)C)CN3)=NO2)cc1. The third-order valence-electron chi connectivity index (χ3n) is 6.82. The summed E-state index contributed by atoms with van der Waals surface area (Å²) in [6.45, 7) is 16.4. The average molecular weight is 459 g/mol. The predicted molar refractivity (Wildman–Crippen MR) is 130 cm³/mol. The van der Waals surface area contributed by atoms with Crippen LogP contribution in [0.3, 0.4) is 0 Å². The van der Waals surface area contributed by atoms with E-state index in [-0.39, 0.29) is 17.2 Å². The molecule has 3 atom stereocenters. The number of aryl methyl sites for hydroxylation is 1. The van der Waals surface area contributed by atoms with Gasteiger partial charge in [0, 0.05) is 19.0 Å². The Kier molecular flexibility index (Phi) is 5.79. The molecule has 0 bridgehead atoms. The molecule has 2 unspecified atom stereocenters. The maximum Gasteiger partial charge on any atom is 0.231 e. The van der Waals surface area contributed by atoms with Gasteiger partial charge in [0.1, 0.15) is 0 Å². The zero-order chi connectivity index (χ0) is 22.4. The van der Waals surface area contributed by atoms with Gasteiger partial charge in [-0.1, -0.05) is 50.2 Å². The van der Waals surface area contributed by atoms with E-state index in [1.165, 1.54) is 10.4 Å². The Morgan fingerprint density at radius 1 is 1.23 bits per heavy atom. The Bertz CT molecular complexity index is 967. The van der Waals surface area contributed by atoms with E-state index in [1.54, 1.807) is 11.3 Å². The van der Waals surface area contributed by atoms with Crippen molar-refractivity contribution in [2.75, 3.05) is 6.54 Å². The Morgan fingerprint density at radius 3 is 2.55 bits per heavy atom. The van der Waals surface area contributed by atoms with Crippen LogP contribution in [0.4, 0.5) is 0 Å². The van der Waals surface area contributed by atoms with E-state index in [1.807, 2.05) is 19.4 Å². The van der Waals surface area contributed by atoms with Crippen molar-refractivity contribution in [1.29, 1.82) is 0 Å². The molecular weight excluding hydrogens is 424 g/mol. The minimum absolute atomic E-state index is 0.121. The molecule has 0 amide bonds. The second kappa shape index (κ2) is 7.99. The summed E-state index contributed by atoms with van der Waals surface area (Å²) in [5, 5.41) is 11.7. The number of amidine groups is 1. The van der Waals surface area contributed by atoms with Gasteiger partial charge in [-0.05, 0) is 37.0 Å². The van der Waals surface area contributed by atoms with Crippen LogP contribution in [0.25, 0.3) is 10.4 Å². The van der Waals surface area contributed by atoms with Crippen LogP contribution in [0.1, 0.15) is 45.4 Å². The van der Waals surface area contributed by atoms with Crippen molar-refractivity contribution < 1.29 is 9.26 Å². The Balaban J connectivity index is 1.39. The molecule has 3 heterocycles. The van der Waals surface area contributed by atoms with Crippen molar-refractivity contribution in [2.45, 2.75) is 77.0 Å². The maximum atomic E-state index is 6.60. The molecular formula is C23H34N4O2SSi. The van der Waals surface area contributed by atoms with Gasteiger partial charge in [-0.15, -0.1) is 11.3 Å². The molecule has 168 valence electrons. The smallest absolute Gasteiger partial charge is 0.231 e. The molecule has 2 aromatic rings. The van der Waals surface area contributed by atoms with Crippen LogP contribution in [0.2, 0.25) is 18.1 Å². The van der Waals surface area contributed by atoms with Gasteiger partial charge in [0.15, 0.2) is 14.2 Å². The molecule has 0 aliphatic carbocycles. The second-order valence-corrected chi connectivity index (χ2v) is 15.9. The topological polar surface area (TPSA) is 67.8 Å². The van der Waals surface area contributed by atoms with Gasteiger partial charge in [-0.3, -0.25) is 0 Å². The summed E-state index contributed by atoms with van der Waals surface area (Å²) in [5.41, 5.74) is 4.50. The summed E-state index contributed by atoms with van der Waals surface area (Å²) in [6.07, 6.45) is 1.12. The summed E-state index contributed by atoms with van der Waals surface area (Å²) >= 11 is 1.66. The van der Waals surface area contributed by atoms with Crippen LogP contribution in [0, 0.1) is 6.92 Å². The van der Waals surface area contributed by atoms with Crippen LogP contribution in [0.15, 0.2) is 34.9 Å². The number of aromatic nitrogens is 1. The van der Waals surface area contributed by atoms with Crippen molar-refractivity contribution in [3.05, 3.63) is 41.0 Å². The van der Waals surface area contributed by atoms with Crippen LogP contribution < -0.4 is 10.6 Å². The molecule has 31 heavy (non-hydrogen) atoms. The zero-order valence-corrected chi connectivity index (χ0v) is 21.4. The first-order chi connectivity index (χ1) is 14.5. The third-order valence-corrected chi connectivity index (χ3v) is 12.3. The van der Waals surface area contributed by atoms with E-state index < -0.39 is 14.0 Å². The van der Waals surface area contributed by atoms with Gasteiger partial charge in [0.2, 0.25) is 5.72 Å². The van der Waals surface area contributed by atoms with Crippen molar-refractivity contribution in [1.82, 2.24) is 15.6 Å². The first kappa shape index (κ1) is 22.5. The minimum atomic E-state index is -1.79. The molecule has 2 aliphatic heterocycles. The quantitative estimate of drug-likeness (QED) is 0.619. The fourth-order valence-electron chi connectivity index (χ4n) is 3.82. The fourth-order valence-corrected chi connectivity index (χ4v) is 6.00. The number of benzene rings is 1. The molecule has 1 fully saturated rings. The van der Waals surface area contributed by atoms with Gasteiger partial charge in [-0.2, -0.15) is 0 Å². The predicted octanol–water partition coefficient (Wildman–Crippen LogP) is 4.98. The molecule has 2 N–H and O–H groups in total. The summed E-state index contributed by atoms with van der Waals surface area (Å²) in [5.74, 6) is 0.853. The second-order valence-electron chi connectivity index (χ2n) is 10.3. The van der Waals surface area contributed by atoms with Crippen molar-refractivity contribution >= 4 is 25.5 Å². The monoisotopic (exact) mass is 458 g/mol. The van der Waals surface area contributed by atoms with Crippen molar-refractivity contribution in [3.8, 4) is 10.4 Å². The molecule has 0 spiro atoms. The van der Waals surface area contributed by atoms with E-state index in [0.717, 1.165) is 30.1 Å². The Morgan fingerprint density at radius 2 is 1.94 bits per heavy atom. The lowest BCUT2D eigenvalue weighted by atomic mass is 10.0. The van der Waals surface area contributed by atoms with E-state index in [9.17, 15) is 0 Å². The highest BCUT2D eigenvalue weighted by Gasteiger charge is 2.44. The summed E-state index contributed by atoms with van der Waals surface area (Å²) < 4.78 is 6.60. The lowest BCUT2D eigenvalue weighted by Gasteiger charge is -2.38. The number of hydrogen-bond acceptors (Lipinski definition) is 7. The highest BCUT2D eigenvalue weighted by molar-refractivity contribution is 7.13. The fraction of sp³-hybridized carbons (Fsp3) is 0.565. The number of hydrogen-bond donors (Lipinski definition) is 2. The molecule has 1 saturated heterocycles. The van der Waals surface area contributed by atoms with Crippen LogP contribution in [-0.2, 0) is 15.0 Å². The molecule has 2 aliphatic rings. The molecule has 0 radical (unpaired) electrons. The van der Waals surface area contributed by atoms with E-state index in [2.05, 4.69) is 78.9 Å². The van der Waals surface area contributed by atoms with Crippen LogP contribution in [-0.4, -0.2) is 37.8 Å². The number of nitrogens with one attached hydrogen (secondary N) is 2. The van der Waals surface area contributed by atoms with Crippen molar-refractivity contribution in [2.24, 2.45) is 5.16 Å². The van der Waals surface area contributed by atoms with Crippen LogP contribution in [0.5, 0.6) is 0 Å². The summed E-state index contributed by atoms with van der Waals surface area (Å²) in [6, 6.07) is 8.58. The Labute approximate surface area is 190 Å². The average Bonchev–Trinajstić information content (AvgIpc) is 3.41. The number of rotatable bonds is 5. The van der Waals surface area contributed by atoms with Gasteiger partial charge < -0.3 is 19.9 Å². The van der Waals surface area contributed by atoms with Gasteiger partial charge in [0.25, 0.3) is 0 Å². The van der Waals surface area contributed by atoms with Crippen molar-refractivity contribution in [3.63, 3.8) is 0 Å². The number of oxime groups is 1. The van der Waals surface area contributed by atoms with Gasteiger partial charge in [-0.25, -0.2) is 4.98 Å². The lowest BCUT2D eigenvalue weighted by molar-refractivity contribution is -0.0228. The standard InChI is InChI=1S/C23H34N4O2SSi/c1-15-20(30-14-25-15)16-8-10-17(11-9-16)23(5)26-21(27-29-23)19-12-18(13-24-19)28-31(6,7)22(2,3)4/h8-11,14,18-19,24H,12-13H2,1-7H3,(H,26,27)/t18?,19-,23?/m0/s1. The molecule has 8 heteroatoms. The van der Waals surface area contributed by atoms with Gasteiger partial charge in [0.05, 0.1) is 28.2 Å². The third kappa shape index (κ3) is 4.44. The molecule has 4 rings (SSSR count). The lowest BCUT2D eigenvalue weighted by Crippen LogP contribution is -2.46. The van der Waals surface area contributed by atoms with E-state index in [0.29, 0.717) is 0 Å². The Hall–Kier alpha value is -1.74. The largest absolute Gasteiger partial charge is 0.413 e. The molecule has 6 nitrogen and oxygen atoms in total.